The lowest BCUT2D eigenvalue weighted by molar-refractivity contribution is -0.123. The standard InChI is InChI=1S/C17H23N3O2.ClH/c21-16(19-14-5-3-9-18-11-14)8-7-13-10-12-4-1-2-6-15(12)20-17(13)22;/h1-2,4,6,13-14,18H,3,5,7-11H2,(H,19,21)(H,20,22);1H/t13?,14-;/m0./s1. The lowest BCUT2D eigenvalue weighted by Crippen LogP contribution is -2.45. The summed E-state index contributed by atoms with van der Waals surface area (Å²) in [6, 6.07) is 8.10. The van der Waals surface area contributed by atoms with E-state index in [4.69, 9.17) is 0 Å². The topological polar surface area (TPSA) is 70.2 Å². The maximum absolute atomic E-state index is 12.1. The molecule has 0 saturated carbocycles. The maximum Gasteiger partial charge on any atom is 0.227 e. The zero-order valence-electron chi connectivity index (χ0n) is 13.1. The predicted molar refractivity (Wildman–Crippen MR) is 92.8 cm³/mol. The van der Waals surface area contributed by atoms with Crippen LogP contribution in [0.4, 0.5) is 5.69 Å². The summed E-state index contributed by atoms with van der Waals surface area (Å²) in [7, 11) is 0. The fourth-order valence-electron chi connectivity index (χ4n) is 3.23. The first kappa shape index (κ1) is 17.8. The Morgan fingerprint density at radius 1 is 1.30 bits per heavy atom. The third kappa shape index (κ3) is 4.69. The molecule has 1 fully saturated rings. The van der Waals surface area contributed by atoms with E-state index in [0.717, 1.165) is 43.6 Å². The minimum atomic E-state index is -0.106. The van der Waals surface area contributed by atoms with Crippen LogP contribution in [0.15, 0.2) is 24.3 Å². The molecule has 23 heavy (non-hydrogen) atoms. The van der Waals surface area contributed by atoms with Crippen LogP contribution >= 0.6 is 12.4 Å². The lowest BCUT2D eigenvalue weighted by Gasteiger charge is -2.26. The number of piperidine rings is 1. The highest BCUT2D eigenvalue weighted by Gasteiger charge is 2.26. The largest absolute Gasteiger partial charge is 0.352 e. The van der Waals surface area contributed by atoms with E-state index in [2.05, 4.69) is 16.0 Å². The highest BCUT2D eigenvalue weighted by molar-refractivity contribution is 5.96. The van der Waals surface area contributed by atoms with Gasteiger partial charge in [-0.1, -0.05) is 18.2 Å². The Labute approximate surface area is 143 Å². The highest BCUT2D eigenvalue weighted by atomic mass is 35.5. The van der Waals surface area contributed by atoms with Gasteiger partial charge in [0.25, 0.3) is 0 Å². The Morgan fingerprint density at radius 3 is 2.91 bits per heavy atom. The molecule has 0 spiro atoms. The second kappa shape index (κ2) is 8.31. The van der Waals surface area contributed by atoms with Crippen molar-refractivity contribution in [1.29, 1.82) is 0 Å². The van der Waals surface area contributed by atoms with Crippen molar-refractivity contribution in [2.24, 2.45) is 5.92 Å². The summed E-state index contributed by atoms with van der Waals surface area (Å²) in [5, 5.41) is 9.28. The molecule has 0 radical (unpaired) electrons. The molecular weight excluding hydrogens is 314 g/mol. The summed E-state index contributed by atoms with van der Waals surface area (Å²) >= 11 is 0. The van der Waals surface area contributed by atoms with Gasteiger partial charge < -0.3 is 16.0 Å². The molecule has 0 aliphatic carbocycles. The first-order chi connectivity index (χ1) is 10.7. The van der Waals surface area contributed by atoms with Crippen LogP contribution in [0.1, 0.15) is 31.2 Å². The molecule has 1 aromatic carbocycles. The molecule has 1 saturated heterocycles. The number of fused-ring (bicyclic) bond motifs is 1. The number of hydrogen-bond acceptors (Lipinski definition) is 3. The number of rotatable bonds is 4. The molecule has 1 aromatic rings. The number of halogens is 1. The van der Waals surface area contributed by atoms with E-state index in [1.165, 1.54) is 0 Å². The monoisotopic (exact) mass is 337 g/mol. The van der Waals surface area contributed by atoms with Gasteiger partial charge in [0.15, 0.2) is 0 Å². The molecule has 2 aliphatic heterocycles. The molecular formula is C17H24ClN3O2. The lowest BCUT2D eigenvalue weighted by atomic mass is 9.89. The molecule has 3 rings (SSSR count). The first-order valence-corrected chi connectivity index (χ1v) is 8.11. The summed E-state index contributed by atoms with van der Waals surface area (Å²) in [6.07, 6.45) is 3.88. The van der Waals surface area contributed by atoms with Gasteiger partial charge in [-0.2, -0.15) is 0 Å². The van der Waals surface area contributed by atoms with Crippen LogP contribution in [0.3, 0.4) is 0 Å². The first-order valence-electron chi connectivity index (χ1n) is 8.11. The molecule has 6 heteroatoms. The fourth-order valence-corrected chi connectivity index (χ4v) is 3.23. The quantitative estimate of drug-likeness (QED) is 0.785. The van der Waals surface area contributed by atoms with E-state index in [-0.39, 0.29) is 36.2 Å². The number of para-hydroxylation sites is 1. The molecule has 2 amide bonds. The Bertz CT molecular complexity index is 559. The van der Waals surface area contributed by atoms with Crippen LogP contribution < -0.4 is 16.0 Å². The van der Waals surface area contributed by atoms with Gasteiger partial charge in [0.1, 0.15) is 0 Å². The van der Waals surface area contributed by atoms with E-state index in [1.807, 2.05) is 24.3 Å². The van der Waals surface area contributed by atoms with Crippen LogP contribution in [0.2, 0.25) is 0 Å². The van der Waals surface area contributed by atoms with Crippen molar-refractivity contribution in [3.63, 3.8) is 0 Å². The minimum Gasteiger partial charge on any atom is -0.352 e. The van der Waals surface area contributed by atoms with Crippen LogP contribution in [0.5, 0.6) is 0 Å². The van der Waals surface area contributed by atoms with Gasteiger partial charge in [-0.15, -0.1) is 12.4 Å². The number of benzene rings is 1. The van der Waals surface area contributed by atoms with Gasteiger partial charge in [0, 0.05) is 30.6 Å². The molecule has 5 nitrogen and oxygen atoms in total. The smallest absolute Gasteiger partial charge is 0.227 e. The summed E-state index contributed by atoms with van der Waals surface area (Å²) in [5.74, 6) is -0.0173. The number of amides is 2. The molecule has 2 heterocycles. The summed E-state index contributed by atoms with van der Waals surface area (Å²) in [6.45, 7) is 1.89. The van der Waals surface area contributed by atoms with Crippen molar-refractivity contribution >= 4 is 29.9 Å². The number of carbonyl (C=O) groups excluding carboxylic acids is 2. The zero-order chi connectivity index (χ0) is 15.4. The SMILES string of the molecule is Cl.O=C(CCC1Cc2ccccc2NC1=O)N[C@H]1CCCNC1. The Morgan fingerprint density at radius 2 is 2.13 bits per heavy atom. The van der Waals surface area contributed by atoms with Crippen molar-refractivity contribution < 1.29 is 9.59 Å². The number of hydrogen-bond donors (Lipinski definition) is 3. The van der Waals surface area contributed by atoms with E-state index in [0.29, 0.717) is 12.8 Å². The molecule has 2 atom stereocenters. The maximum atomic E-state index is 12.1. The summed E-state index contributed by atoms with van der Waals surface area (Å²) in [5.41, 5.74) is 2.06. The highest BCUT2D eigenvalue weighted by Crippen LogP contribution is 2.27. The second-order valence-corrected chi connectivity index (χ2v) is 6.20. The van der Waals surface area contributed by atoms with E-state index in [9.17, 15) is 9.59 Å². The molecule has 0 aromatic heterocycles. The van der Waals surface area contributed by atoms with Gasteiger partial charge >= 0.3 is 0 Å². The zero-order valence-corrected chi connectivity index (χ0v) is 14.0. The van der Waals surface area contributed by atoms with E-state index < -0.39 is 0 Å². The average Bonchev–Trinajstić information content (AvgIpc) is 2.54. The Kier molecular flexibility index (Phi) is 6.42. The third-order valence-electron chi connectivity index (χ3n) is 4.49. The molecule has 2 aliphatic rings. The summed E-state index contributed by atoms with van der Waals surface area (Å²) < 4.78 is 0. The fraction of sp³-hybridized carbons (Fsp3) is 0.529. The summed E-state index contributed by atoms with van der Waals surface area (Å²) in [4.78, 5) is 24.1. The molecule has 0 bridgehead atoms. The minimum absolute atomic E-state index is 0. The second-order valence-electron chi connectivity index (χ2n) is 6.20. The van der Waals surface area contributed by atoms with E-state index in [1.54, 1.807) is 0 Å². The normalized spacial score (nSPS) is 23.2. The van der Waals surface area contributed by atoms with Crippen LogP contribution in [0, 0.1) is 5.92 Å². The van der Waals surface area contributed by atoms with Gasteiger partial charge in [-0.25, -0.2) is 0 Å². The Hall–Kier alpha value is -1.59. The van der Waals surface area contributed by atoms with Crippen LogP contribution in [-0.2, 0) is 16.0 Å². The van der Waals surface area contributed by atoms with Crippen LogP contribution in [-0.4, -0.2) is 30.9 Å². The molecule has 126 valence electrons. The predicted octanol–water partition coefficient (Wildman–Crippen LogP) is 1.87. The van der Waals surface area contributed by atoms with Gasteiger partial charge in [0.05, 0.1) is 0 Å². The van der Waals surface area contributed by atoms with Crippen LogP contribution in [0.25, 0.3) is 0 Å². The van der Waals surface area contributed by atoms with Gasteiger partial charge in [0.2, 0.25) is 11.8 Å². The number of anilines is 1. The van der Waals surface area contributed by atoms with Crippen molar-refractivity contribution in [3.05, 3.63) is 29.8 Å². The van der Waals surface area contributed by atoms with Crippen molar-refractivity contribution in [1.82, 2.24) is 10.6 Å². The average molecular weight is 338 g/mol. The molecule has 1 unspecified atom stereocenters. The van der Waals surface area contributed by atoms with E-state index >= 15 is 0 Å². The number of nitrogens with one attached hydrogen (secondary N) is 3. The Balaban J connectivity index is 0.00000192. The molecule has 3 N–H and O–H groups in total. The van der Waals surface area contributed by atoms with Gasteiger partial charge in [-0.05, 0) is 43.9 Å². The third-order valence-corrected chi connectivity index (χ3v) is 4.49. The van der Waals surface area contributed by atoms with Gasteiger partial charge in [-0.3, -0.25) is 9.59 Å². The van der Waals surface area contributed by atoms with Crippen molar-refractivity contribution in [2.45, 2.75) is 38.1 Å². The number of carbonyl (C=O) groups is 2. The van der Waals surface area contributed by atoms with Crippen molar-refractivity contribution in [2.75, 3.05) is 18.4 Å². The van der Waals surface area contributed by atoms with Crippen molar-refractivity contribution in [3.8, 4) is 0 Å².